The number of nitrogens with zero attached hydrogens (tertiary/aromatic N) is 1. The molecule has 0 radical (unpaired) electrons. The van der Waals surface area contributed by atoms with Crippen LogP contribution in [0.25, 0.3) is 0 Å². The Morgan fingerprint density at radius 3 is 2.10 bits per heavy atom. The van der Waals surface area contributed by atoms with Crippen molar-refractivity contribution in [1.29, 1.82) is 0 Å². The Morgan fingerprint density at radius 1 is 1.05 bits per heavy atom. The van der Waals surface area contributed by atoms with Gasteiger partial charge in [-0.15, -0.1) is 0 Å². The number of hydrogen-bond donors (Lipinski definition) is 1. The fraction of sp³-hybridized carbons (Fsp3) is 0.667. The Hall–Kier alpha value is -0.860. The van der Waals surface area contributed by atoms with Gasteiger partial charge in [-0.05, 0) is 49.0 Å². The predicted octanol–water partition coefficient (Wildman–Crippen LogP) is 3.48. The second-order valence-electron chi connectivity index (χ2n) is 6.94. The van der Waals surface area contributed by atoms with E-state index in [2.05, 4.69) is 11.8 Å². The van der Waals surface area contributed by atoms with Crippen LogP contribution in [0.5, 0.6) is 0 Å². The van der Waals surface area contributed by atoms with Gasteiger partial charge in [0.2, 0.25) is 0 Å². The zero-order valence-electron chi connectivity index (χ0n) is 12.5. The number of benzene rings is 1. The van der Waals surface area contributed by atoms with Gasteiger partial charge in [0.25, 0.3) is 0 Å². The van der Waals surface area contributed by atoms with E-state index in [4.69, 9.17) is 0 Å². The summed E-state index contributed by atoms with van der Waals surface area (Å²) in [6.45, 7) is 5.72. The quantitative estimate of drug-likeness (QED) is 0.784. The van der Waals surface area contributed by atoms with Gasteiger partial charge in [0, 0.05) is 19.6 Å². The average molecular weight is 273 g/mol. The Kier molecular flexibility index (Phi) is 4.42. The minimum atomic E-state index is -0.336. The Labute approximate surface area is 122 Å². The molecule has 2 saturated carbocycles. The zero-order chi connectivity index (χ0) is 13.9. The first-order valence-electron chi connectivity index (χ1n) is 8.17. The van der Waals surface area contributed by atoms with Gasteiger partial charge in [-0.1, -0.05) is 37.3 Å². The Bertz CT molecular complexity index is 397. The topological polar surface area (TPSA) is 23.5 Å². The van der Waals surface area contributed by atoms with E-state index in [1.165, 1.54) is 38.8 Å². The van der Waals surface area contributed by atoms with Crippen LogP contribution in [-0.2, 0) is 0 Å². The van der Waals surface area contributed by atoms with E-state index in [1.54, 1.807) is 0 Å². The summed E-state index contributed by atoms with van der Waals surface area (Å²) in [7, 11) is 0. The van der Waals surface area contributed by atoms with Crippen molar-refractivity contribution in [2.75, 3.05) is 19.6 Å². The minimum Gasteiger partial charge on any atom is -0.388 e. The van der Waals surface area contributed by atoms with Crippen molar-refractivity contribution >= 4 is 0 Å². The lowest BCUT2D eigenvalue weighted by Crippen LogP contribution is -2.34. The maximum Gasteiger partial charge on any atom is 0.0827 e. The van der Waals surface area contributed by atoms with E-state index in [-0.39, 0.29) is 6.10 Å². The molecule has 0 heterocycles. The van der Waals surface area contributed by atoms with Crippen molar-refractivity contribution in [1.82, 2.24) is 4.90 Å². The summed E-state index contributed by atoms with van der Waals surface area (Å²) in [5.41, 5.74) is 1.05. The van der Waals surface area contributed by atoms with Crippen LogP contribution >= 0.6 is 0 Å². The standard InChI is InChI=1S/C18H27NO/c1-14(18(20)17-5-3-2-4-6-17)11-19(12-15-7-8-15)13-16-9-10-16/h2-6,14-16,18,20H,7-13H2,1H3. The molecule has 1 aromatic rings. The van der Waals surface area contributed by atoms with Crippen molar-refractivity contribution in [3.05, 3.63) is 35.9 Å². The highest BCUT2D eigenvalue weighted by Gasteiger charge is 2.30. The SMILES string of the molecule is CC(CN(CC1CC1)CC1CC1)C(O)c1ccccc1. The second-order valence-corrected chi connectivity index (χ2v) is 6.94. The molecule has 0 saturated heterocycles. The highest BCUT2D eigenvalue weighted by Crippen LogP contribution is 2.34. The fourth-order valence-corrected chi connectivity index (χ4v) is 3.04. The lowest BCUT2D eigenvalue weighted by molar-refractivity contribution is 0.0850. The smallest absolute Gasteiger partial charge is 0.0827 e. The Morgan fingerprint density at radius 2 is 1.60 bits per heavy atom. The van der Waals surface area contributed by atoms with Crippen molar-refractivity contribution in [3.8, 4) is 0 Å². The molecular weight excluding hydrogens is 246 g/mol. The summed E-state index contributed by atoms with van der Waals surface area (Å²) in [5.74, 6) is 2.18. The van der Waals surface area contributed by atoms with E-state index >= 15 is 0 Å². The molecule has 2 aliphatic carbocycles. The van der Waals surface area contributed by atoms with Crippen molar-refractivity contribution in [2.24, 2.45) is 17.8 Å². The van der Waals surface area contributed by atoms with E-state index in [0.29, 0.717) is 5.92 Å². The molecule has 3 rings (SSSR count). The van der Waals surface area contributed by atoms with Crippen LogP contribution in [0.2, 0.25) is 0 Å². The second kappa shape index (κ2) is 6.28. The van der Waals surface area contributed by atoms with Crippen LogP contribution in [0.15, 0.2) is 30.3 Å². The first-order chi connectivity index (χ1) is 9.72. The van der Waals surface area contributed by atoms with Crippen molar-refractivity contribution in [2.45, 2.75) is 38.7 Å². The van der Waals surface area contributed by atoms with Crippen LogP contribution in [-0.4, -0.2) is 29.6 Å². The lowest BCUT2D eigenvalue weighted by atomic mass is 9.96. The molecule has 2 nitrogen and oxygen atoms in total. The lowest BCUT2D eigenvalue weighted by Gasteiger charge is -2.28. The molecule has 0 aliphatic heterocycles. The van der Waals surface area contributed by atoms with Crippen molar-refractivity contribution < 1.29 is 5.11 Å². The van der Waals surface area contributed by atoms with Gasteiger partial charge < -0.3 is 10.0 Å². The number of aliphatic hydroxyl groups is 1. The summed E-state index contributed by atoms with van der Waals surface area (Å²) in [5, 5.41) is 10.5. The maximum atomic E-state index is 10.5. The monoisotopic (exact) mass is 273 g/mol. The summed E-state index contributed by atoms with van der Waals surface area (Å²) in [6, 6.07) is 10.1. The molecule has 2 atom stereocenters. The van der Waals surface area contributed by atoms with Crippen LogP contribution in [0, 0.1) is 17.8 Å². The minimum absolute atomic E-state index is 0.301. The molecule has 20 heavy (non-hydrogen) atoms. The van der Waals surface area contributed by atoms with E-state index in [0.717, 1.165) is 23.9 Å². The summed E-state index contributed by atoms with van der Waals surface area (Å²) in [6.07, 6.45) is 5.32. The molecule has 110 valence electrons. The van der Waals surface area contributed by atoms with Gasteiger partial charge in [-0.25, -0.2) is 0 Å². The van der Waals surface area contributed by atoms with Gasteiger partial charge in [-0.3, -0.25) is 0 Å². The molecule has 2 unspecified atom stereocenters. The fourth-order valence-electron chi connectivity index (χ4n) is 3.04. The highest BCUT2D eigenvalue weighted by molar-refractivity contribution is 5.17. The van der Waals surface area contributed by atoms with Gasteiger partial charge in [0.1, 0.15) is 0 Å². The van der Waals surface area contributed by atoms with Gasteiger partial charge in [0.05, 0.1) is 6.10 Å². The largest absolute Gasteiger partial charge is 0.388 e. The van der Waals surface area contributed by atoms with Crippen LogP contribution < -0.4 is 0 Å². The third-order valence-electron chi connectivity index (χ3n) is 4.65. The van der Waals surface area contributed by atoms with Crippen LogP contribution in [0.4, 0.5) is 0 Å². The number of aliphatic hydroxyl groups excluding tert-OH is 1. The third-order valence-corrected chi connectivity index (χ3v) is 4.65. The van der Waals surface area contributed by atoms with E-state index < -0.39 is 0 Å². The molecular formula is C18H27NO. The molecule has 0 amide bonds. The molecule has 2 aliphatic rings. The molecule has 1 N–H and O–H groups in total. The average Bonchev–Trinajstić information content (AvgIpc) is 3.35. The molecule has 0 spiro atoms. The van der Waals surface area contributed by atoms with Crippen molar-refractivity contribution in [3.63, 3.8) is 0 Å². The van der Waals surface area contributed by atoms with Gasteiger partial charge >= 0.3 is 0 Å². The Balaban J connectivity index is 1.55. The first kappa shape index (κ1) is 14.1. The summed E-state index contributed by atoms with van der Waals surface area (Å²) in [4.78, 5) is 2.62. The molecule has 2 fully saturated rings. The summed E-state index contributed by atoms with van der Waals surface area (Å²) >= 11 is 0. The third kappa shape index (κ3) is 4.07. The maximum absolute atomic E-state index is 10.5. The zero-order valence-corrected chi connectivity index (χ0v) is 12.5. The highest BCUT2D eigenvalue weighted by atomic mass is 16.3. The van der Waals surface area contributed by atoms with E-state index in [1.807, 2.05) is 30.3 Å². The van der Waals surface area contributed by atoms with Crippen LogP contribution in [0.3, 0.4) is 0 Å². The molecule has 0 aromatic heterocycles. The summed E-state index contributed by atoms with van der Waals surface area (Å²) < 4.78 is 0. The molecule has 2 heteroatoms. The molecule has 0 bridgehead atoms. The van der Waals surface area contributed by atoms with Crippen LogP contribution in [0.1, 0.15) is 44.3 Å². The van der Waals surface area contributed by atoms with Gasteiger partial charge in [-0.2, -0.15) is 0 Å². The molecule has 1 aromatic carbocycles. The first-order valence-corrected chi connectivity index (χ1v) is 8.17. The number of hydrogen-bond acceptors (Lipinski definition) is 2. The normalized spacial score (nSPS) is 21.9. The number of rotatable bonds is 8. The predicted molar refractivity (Wildman–Crippen MR) is 82.5 cm³/mol. The van der Waals surface area contributed by atoms with E-state index in [9.17, 15) is 5.11 Å². The van der Waals surface area contributed by atoms with Gasteiger partial charge in [0.15, 0.2) is 0 Å².